The first-order valence-corrected chi connectivity index (χ1v) is 17.4. The molecule has 0 aromatic carbocycles. The Hall–Kier alpha value is -3.27. The lowest BCUT2D eigenvalue weighted by atomic mass is 9.95. The van der Waals surface area contributed by atoms with Gasteiger partial charge in [-0.25, -0.2) is 0 Å². The van der Waals surface area contributed by atoms with Crippen LogP contribution in [0.1, 0.15) is 55.4 Å². The number of ether oxygens (including phenoxy) is 8. The summed E-state index contributed by atoms with van der Waals surface area (Å²) < 4.78 is 52.4. The summed E-state index contributed by atoms with van der Waals surface area (Å²) in [5.41, 5.74) is 0. The quantitative estimate of drug-likeness (QED) is 0.137. The zero-order valence-corrected chi connectivity index (χ0v) is 28.6. The molecule has 2 fully saturated rings. The standard InChI is InChI=1S/C30H46O14Si/c1-13-21-24(38-16(3)31)26(40-18(5)33)23(15(2)37-21)44-29-28(42-20(7)35)27(41-19(6)34)25(39-17(4)32)22(43-29)14-36-45(11,12)30(8,9)10/h13,21-29H,1-2,14H2,3-12H3/t21-,22+,23+,24-,25-,26-,27-,28+,29-/m0/s1. The van der Waals surface area contributed by atoms with E-state index in [-0.39, 0.29) is 17.4 Å². The van der Waals surface area contributed by atoms with Gasteiger partial charge in [0, 0.05) is 34.6 Å². The Morgan fingerprint density at radius 1 is 0.756 bits per heavy atom. The van der Waals surface area contributed by atoms with Gasteiger partial charge in [-0.2, -0.15) is 0 Å². The average molecular weight is 659 g/mol. The second-order valence-electron chi connectivity index (χ2n) is 12.3. The minimum Gasteiger partial charge on any atom is -0.484 e. The first-order valence-electron chi connectivity index (χ1n) is 14.5. The SMILES string of the molecule is C=C[C@@H]1OC(=C)[C@@H](O[C@@H]2O[C@H](CO[Si](C)(C)C(C)(C)C)[C@H](OC(C)=O)[C@H](OC(C)=O)[C@H]2OC(C)=O)[C@H](OC(C)=O)[C@H]1OC(C)=O. The van der Waals surface area contributed by atoms with Crippen LogP contribution in [-0.2, 0) is 66.3 Å². The Labute approximate surface area is 264 Å². The zero-order valence-electron chi connectivity index (χ0n) is 27.6. The van der Waals surface area contributed by atoms with E-state index >= 15 is 0 Å². The van der Waals surface area contributed by atoms with Gasteiger partial charge >= 0.3 is 29.8 Å². The van der Waals surface area contributed by atoms with Gasteiger partial charge in [-0.1, -0.05) is 33.9 Å². The molecule has 0 radical (unpaired) electrons. The number of hydrogen-bond donors (Lipinski definition) is 0. The molecule has 15 heteroatoms. The number of rotatable bonds is 11. The monoisotopic (exact) mass is 658 g/mol. The van der Waals surface area contributed by atoms with Crippen LogP contribution in [0.4, 0.5) is 0 Å². The average Bonchev–Trinajstić information content (AvgIpc) is 2.87. The molecular formula is C30H46O14Si. The number of carbonyl (C=O) groups excluding carboxylic acids is 5. The lowest BCUT2D eigenvalue weighted by Gasteiger charge is -2.48. The fraction of sp³-hybridized carbons (Fsp3) is 0.700. The summed E-state index contributed by atoms with van der Waals surface area (Å²) in [4.78, 5) is 61.0. The van der Waals surface area contributed by atoms with Gasteiger partial charge in [-0.3, -0.25) is 24.0 Å². The molecule has 9 atom stereocenters. The van der Waals surface area contributed by atoms with Crippen molar-refractivity contribution < 1.29 is 66.3 Å². The first kappa shape index (κ1) is 37.9. The van der Waals surface area contributed by atoms with Crippen LogP contribution in [0.15, 0.2) is 25.0 Å². The van der Waals surface area contributed by atoms with E-state index in [1.165, 1.54) is 6.08 Å². The Morgan fingerprint density at radius 3 is 1.67 bits per heavy atom. The number of hydrogen-bond acceptors (Lipinski definition) is 14. The second kappa shape index (κ2) is 15.3. The van der Waals surface area contributed by atoms with Crippen molar-refractivity contribution in [1.29, 1.82) is 0 Å². The smallest absolute Gasteiger partial charge is 0.303 e. The van der Waals surface area contributed by atoms with Crippen molar-refractivity contribution >= 4 is 38.2 Å². The molecule has 254 valence electrons. The van der Waals surface area contributed by atoms with Crippen molar-refractivity contribution in [3.05, 3.63) is 25.0 Å². The van der Waals surface area contributed by atoms with E-state index in [4.69, 9.17) is 42.3 Å². The molecule has 0 spiro atoms. The molecule has 2 rings (SSSR count). The predicted molar refractivity (Wildman–Crippen MR) is 159 cm³/mol. The molecule has 2 aliphatic rings. The van der Waals surface area contributed by atoms with Crippen LogP contribution in [0.25, 0.3) is 0 Å². The van der Waals surface area contributed by atoms with Crippen LogP contribution in [0.3, 0.4) is 0 Å². The summed E-state index contributed by atoms with van der Waals surface area (Å²) in [6.45, 7) is 23.3. The Bertz CT molecular complexity index is 1140. The largest absolute Gasteiger partial charge is 0.484 e. The molecule has 0 saturated carbocycles. The maximum Gasteiger partial charge on any atom is 0.303 e. The van der Waals surface area contributed by atoms with Gasteiger partial charge in [0.15, 0.2) is 57.3 Å². The molecule has 0 aromatic rings. The van der Waals surface area contributed by atoms with Gasteiger partial charge in [0.1, 0.15) is 11.9 Å². The summed E-state index contributed by atoms with van der Waals surface area (Å²) in [5.74, 6) is -3.79. The van der Waals surface area contributed by atoms with Crippen molar-refractivity contribution in [3.63, 3.8) is 0 Å². The second-order valence-corrected chi connectivity index (χ2v) is 17.1. The normalized spacial score (nSPS) is 30.3. The molecule has 2 heterocycles. The van der Waals surface area contributed by atoms with Gasteiger partial charge in [0.25, 0.3) is 0 Å². The number of carbonyl (C=O) groups is 5. The van der Waals surface area contributed by atoms with E-state index in [0.29, 0.717) is 0 Å². The first-order chi connectivity index (χ1) is 20.7. The van der Waals surface area contributed by atoms with E-state index in [1.54, 1.807) is 0 Å². The summed E-state index contributed by atoms with van der Waals surface area (Å²) in [6, 6.07) is 0. The molecule has 2 saturated heterocycles. The van der Waals surface area contributed by atoms with Crippen molar-refractivity contribution in [2.45, 2.75) is 129 Å². The molecule has 0 aliphatic carbocycles. The van der Waals surface area contributed by atoms with E-state index in [0.717, 1.165) is 34.6 Å². The summed E-state index contributed by atoms with van der Waals surface area (Å²) in [5, 5.41) is -0.202. The van der Waals surface area contributed by atoms with Crippen molar-refractivity contribution in [3.8, 4) is 0 Å². The Balaban J connectivity index is 2.64. The highest BCUT2D eigenvalue weighted by atomic mass is 28.4. The molecule has 45 heavy (non-hydrogen) atoms. The zero-order chi connectivity index (χ0) is 34.4. The predicted octanol–water partition coefficient (Wildman–Crippen LogP) is 2.88. The van der Waals surface area contributed by atoms with Crippen LogP contribution in [0, 0.1) is 0 Å². The van der Waals surface area contributed by atoms with Crippen LogP contribution >= 0.6 is 0 Å². The van der Waals surface area contributed by atoms with Crippen LogP contribution in [0.2, 0.25) is 18.1 Å². The minimum atomic E-state index is -2.40. The van der Waals surface area contributed by atoms with E-state index in [2.05, 4.69) is 13.2 Å². The molecule has 0 unspecified atom stereocenters. The lowest BCUT2D eigenvalue weighted by Crippen LogP contribution is -2.65. The van der Waals surface area contributed by atoms with Crippen LogP contribution in [-0.4, -0.2) is 99.9 Å². The third kappa shape index (κ3) is 10.1. The van der Waals surface area contributed by atoms with Gasteiger partial charge in [-0.15, -0.1) is 0 Å². The Morgan fingerprint density at radius 2 is 1.20 bits per heavy atom. The Kier molecular flexibility index (Phi) is 12.9. The molecule has 2 aliphatic heterocycles. The van der Waals surface area contributed by atoms with Gasteiger partial charge in [0.2, 0.25) is 0 Å². The van der Waals surface area contributed by atoms with E-state index in [9.17, 15) is 24.0 Å². The van der Waals surface area contributed by atoms with Crippen LogP contribution < -0.4 is 0 Å². The summed E-state index contributed by atoms with van der Waals surface area (Å²) in [7, 11) is -2.40. The van der Waals surface area contributed by atoms with Crippen molar-refractivity contribution in [2.24, 2.45) is 0 Å². The molecule has 14 nitrogen and oxygen atoms in total. The van der Waals surface area contributed by atoms with Crippen molar-refractivity contribution in [2.75, 3.05) is 6.61 Å². The number of esters is 5. The summed E-state index contributed by atoms with van der Waals surface area (Å²) >= 11 is 0. The highest BCUT2D eigenvalue weighted by Crippen LogP contribution is 2.39. The van der Waals surface area contributed by atoms with Crippen LogP contribution in [0.5, 0.6) is 0 Å². The third-order valence-electron chi connectivity index (χ3n) is 7.58. The van der Waals surface area contributed by atoms with Gasteiger partial charge in [0.05, 0.1) is 6.61 Å². The van der Waals surface area contributed by atoms with Gasteiger partial charge in [-0.05, 0) is 24.2 Å². The fourth-order valence-corrected chi connectivity index (χ4v) is 5.60. The highest BCUT2D eigenvalue weighted by Gasteiger charge is 2.56. The molecule has 0 N–H and O–H groups in total. The van der Waals surface area contributed by atoms with Gasteiger partial charge < -0.3 is 42.3 Å². The van der Waals surface area contributed by atoms with Crippen molar-refractivity contribution in [1.82, 2.24) is 0 Å². The maximum atomic E-state index is 12.3. The molecular weight excluding hydrogens is 612 g/mol. The van der Waals surface area contributed by atoms with E-state index < -0.39 is 93.3 Å². The third-order valence-corrected chi connectivity index (χ3v) is 12.1. The lowest BCUT2D eigenvalue weighted by molar-refractivity contribution is -0.326. The minimum absolute atomic E-state index is 0.0556. The maximum absolute atomic E-state index is 12.3. The molecule has 0 aromatic heterocycles. The topological polar surface area (TPSA) is 168 Å². The fourth-order valence-electron chi connectivity index (χ4n) is 4.58. The highest BCUT2D eigenvalue weighted by molar-refractivity contribution is 6.74. The summed E-state index contributed by atoms with van der Waals surface area (Å²) in [6.07, 6.45) is -10.4. The molecule has 0 amide bonds. The molecule has 0 bridgehead atoms. The van der Waals surface area contributed by atoms with E-state index in [1.807, 2.05) is 33.9 Å².